The zero-order chi connectivity index (χ0) is 17.1. The Labute approximate surface area is 138 Å². The molecule has 1 atom stereocenters. The molecule has 0 aliphatic rings. The van der Waals surface area contributed by atoms with Crippen molar-refractivity contribution in [1.82, 2.24) is 19.7 Å². The Balaban J connectivity index is 2.01. The number of amides is 1. The van der Waals surface area contributed by atoms with Crippen LogP contribution in [0.3, 0.4) is 0 Å². The standard InChI is InChI=1S/C17H17N5O2/c1-11(23)9-22-10-12(8-20-22)14-6-5-13(16(21-14)17(18)24)15-4-2-3-7-19-15/h2-8,10-11,23H,9H2,1H3,(H2,18,24). The number of primary amides is 1. The number of pyridine rings is 2. The lowest BCUT2D eigenvalue weighted by Crippen LogP contribution is -2.15. The zero-order valence-electron chi connectivity index (χ0n) is 13.1. The maximum atomic E-state index is 11.8. The topological polar surface area (TPSA) is 107 Å². The molecule has 7 heteroatoms. The highest BCUT2D eigenvalue weighted by molar-refractivity contribution is 5.98. The summed E-state index contributed by atoms with van der Waals surface area (Å²) in [4.78, 5) is 20.4. The van der Waals surface area contributed by atoms with Crippen molar-refractivity contribution in [2.45, 2.75) is 19.6 Å². The molecule has 1 unspecified atom stereocenters. The van der Waals surface area contributed by atoms with Crippen molar-refractivity contribution in [3.8, 4) is 22.5 Å². The minimum absolute atomic E-state index is 0.162. The molecule has 122 valence electrons. The highest BCUT2D eigenvalue weighted by atomic mass is 16.3. The van der Waals surface area contributed by atoms with Gasteiger partial charge in [-0.25, -0.2) is 4.98 Å². The van der Waals surface area contributed by atoms with Crippen LogP contribution in [0.5, 0.6) is 0 Å². The summed E-state index contributed by atoms with van der Waals surface area (Å²) in [6, 6.07) is 8.99. The van der Waals surface area contributed by atoms with Crippen LogP contribution in [0.4, 0.5) is 0 Å². The molecule has 24 heavy (non-hydrogen) atoms. The first-order chi connectivity index (χ1) is 11.5. The van der Waals surface area contributed by atoms with Gasteiger partial charge >= 0.3 is 0 Å². The molecule has 3 N–H and O–H groups in total. The summed E-state index contributed by atoms with van der Waals surface area (Å²) in [6.45, 7) is 2.07. The summed E-state index contributed by atoms with van der Waals surface area (Å²) in [6.07, 6.45) is 4.54. The summed E-state index contributed by atoms with van der Waals surface area (Å²) in [5, 5.41) is 13.6. The van der Waals surface area contributed by atoms with E-state index >= 15 is 0 Å². The Morgan fingerprint density at radius 1 is 1.29 bits per heavy atom. The van der Waals surface area contributed by atoms with E-state index in [4.69, 9.17) is 5.73 Å². The van der Waals surface area contributed by atoms with E-state index in [0.717, 1.165) is 5.56 Å². The van der Waals surface area contributed by atoms with Gasteiger partial charge in [0, 0.05) is 23.5 Å². The molecule has 0 spiro atoms. The third-order valence-corrected chi connectivity index (χ3v) is 3.45. The van der Waals surface area contributed by atoms with Crippen LogP contribution in [0.25, 0.3) is 22.5 Å². The van der Waals surface area contributed by atoms with Crippen molar-refractivity contribution in [2.75, 3.05) is 0 Å². The smallest absolute Gasteiger partial charge is 0.268 e. The third kappa shape index (κ3) is 3.31. The van der Waals surface area contributed by atoms with Crippen LogP contribution in [0.2, 0.25) is 0 Å². The molecule has 0 radical (unpaired) electrons. The SMILES string of the molecule is CC(O)Cn1cc(-c2ccc(-c3ccccn3)c(C(N)=O)n2)cn1. The molecule has 0 aliphatic carbocycles. The molecule has 0 aromatic carbocycles. The number of nitrogens with two attached hydrogens (primary N) is 1. The van der Waals surface area contributed by atoms with Crippen LogP contribution in [0.15, 0.2) is 48.9 Å². The van der Waals surface area contributed by atoms with Gasteiger partial charge < -0.3 is 10.8 Å². The number of hydrogen-bond acceptors (Lipinski definition) is 5. The first-order valence-corrected chi connectivity index (χ1v) is 7.47. The quantitative estimate of drug-likeness (QED) is 0.739. The average Bonchev–Trinajstić information content (AvgIpc) is 3.03. The summed E-state index contributed by atoms with van der Waals surface area (Å²) < 4.78 is 1.62. The highest BCUT2D eigenvalue weighted by Gasteiger charge is 2.15. The Morgan fingerprint density at radius 3 is 2.79 bits per heavy atom. The molecule has 0 aliphatic heterocycles. The van der Waals surface area contributed by atoms with E-state index in [9.17, 15) is 9.90 Å². The lowest BCUT2D eigenvalue weighted by molar-refractivity contribution is 0.0996. The molecule has 0 saturated carbocycles. The maximum absolute atomic E-state index is 11.8. The van der Waals surface area contributed by atoms with Gasteiger partial charge in [-0.1, -0.05) is 6.07 Å². The molecule has 0 bridgehead atoms. The monoisotopic (exact) mass is 323 g/mol. The zero-order valence-corrected chi connectivity index (χ0v) is 13.1. The van der Waals surface area contributed by atoms with Crippen molar-refractivity contribution in [3.05, 3.63) is 54.6 Å². The molecule has 0 saturated heterocycles. The van der Waals surface area contributed by atoms with Crippen LogP contribution in [0, 0.1) is 0 Å². The van der Waals surface area contributed by atoms with Crippen LogP contribution in [-0.2, 0) is 6.54 Å². The summed E-state index contributed by atoms with van der Waals surface area (Å²) in [7, 11) is 0. The lowest BCUT2D eigenvalue weighted by atomic mass is 10.1. The van der Waals surface area contributed by atoms with Gasteiger partial charge in [-0.2, -0.15) is 5.10 Å². The van der Waals surface area contributed by atoms with Crippen LogP contribution in [0.1, 0.15) is 17.4 Å². The first kappa shape index (κ1) is 15.8. The van der Waals surface area contributed by atoms with Crippen LogP contribution < -0.4 is 5.73 Å². The molecule has 3 heterocycles. The minimum Gasteiger partial charge on any atom is -0.391 e. The lowest BCUT2D eigenvalue weighted by Gasteiger charge is -2.07. The van der Waals surface area contributed by atoms with Gasteiger partial charge in [0.25, 0.3) is 5.91 Å². The maximum Gasteiger partial charge on any atom is 0.268 e. The van der Waals surface area contributed by atoms with Crippen molar-refractivity contribution >= 4 is 5.91 Å². The van der Waals surface area contributed by atoms with Gasteiger partial charge in [0.05, 0.1) is 30.2 Å². The average molecular weight is 323 g/mol. The molecule has 3 rings (SSSR count). The van der Waals surface area contributed by atoms with Crippen molar-refractivity contribution in [1.29, 1.82) is 0 Å². The molecule has 1 amide bonds. The number of hydrogen-bond donors (Lipinski definition) is 2. The number of aromatic nitrogens is 4. The van der Waals surface area contributed by atoms with Crippen molar-refractivity contribution in [2.24, 2.45) is 5.73 Å². The molecule has 7 nitrogen and oxygen atoms in total. The van der Waals surface area contributed by atoms with Gasteiger partial charge in [0.15, 0.2) is 0 Å². The summed E-state index contributed by atoms with van der Waals surface area (Å²) >= 11 is 0. The number of carbonyl (C=O) groups excluding carboxylic acids is 1. The predicted octanol–water partition coefficient (Wildman–Crippen LogP) is 1.49. The van der Waals surface area contributed by atoms with Gasteiger partial charge in [-0.3, -0.25) is 14.5 Å². The van der Waals surface area contributed by atoms with Crippen molar-refractivity contribution < 1.29 is 9.90 Å². The normalized spacial score (nSPS) is 12.1. The summed E-state index contributed by atoms with van der Waals surface area (Å²) in [5.41, 5.74) is 8.19. The van der Waals surface area contributed by atoms with E-state index in [-0.39, 0.29) is 5.69 Å². The fraction of sp³-hybridized carbons (Fsp3) is 0.176. The predicted molar refractivity (Wildman–Crippen MR) is 88.9 cm³/mol. The van der Waals surface area contributed by atoms with Crippen molar-refractivity contribution in [3.63, 3.8) is 0 Å². The van der Waals surface area contributed by atoms with E-state index < -0.39 is 12.0 Å². The van der Waals surface area contributed by atoms with Gasteiger partial charge in [-0.15, -0.1) is 0 Å². The molecular weight excluding hydrogens is 306 g/mol. The molecule has 3 aromatic rings. The molecule has 0 fully saturated rings. The number of carbonyl (C=O) groups is 1. The fourth-order valence-corrected chi connectivity index (χ4v) is 2.40. The molecular formula is C17H17N5O2. The second-order valence-corrected chi connectivity index (χ2v) is 5.47. The number of rotatable bonds is 5. The Kier molecular flexibility index (Phi) is 4.35. The number of aliphatic hydroxyl groups excluding tert-OH is 1. The Bertz CT molecular complexity index is 858. The second kappa shape index (κ2) is 6.59. The van der Waals surface area contributed by atoms with E-state index in [1.54, 1.807) is 54.5 Å². The van der Waals surface area contributed by atoms with Crippen LogP contribution >= 0.6 is 0 Å². The first-order valence-electron chi connectivity index (χ1n) is 7.47. The van der Waals surface area contributed by atoms with E-state index in [0.29, 0.717) is 23.5 Å². The Hall–Kier alpha value is -3.06. The Morgan fingerprint density at radius 2 is 2.12 bits per heavy atom. The van der Waals surface area contributed by atoms with Crippen LogP contribution in [-0.4, -0.2) is 36.9 Å². The van der Waals surface area contributed by atoms with Gasteiger partial charge in [-0.05, 0) is 31.2 Å². The van der Waals surface area contributed by atoms with E-state index in [1.807, 2.05) is 6.07 Å². The van der Waals surface area contributed by atoms with E-state index in [2.05, 4.69) is 15.1 Å². The number of nitrogens with zero attached hydrogens (tertiary/aromatic N) is 4. The number of aliphatic hydroxyl groups is 1. The largest absolute Gasteiger partial charge is 0.391 e. The summed E-state index contributed by atoms with van der Waals surface area (Å²) in [5.74, 6) is -0.617. The van der Waals surface area contributed by atoms with Gasteiger partial charge in [0.2, 0.25) is 0 Å². The van der Waals surface area contributed by atoms with E-state index in [1.165, 1.54) is 0 Å². The van der Waals surface area contributed by atoms with Gasteiger partial charge in [0.1, 0.15) is 5.69 Å². The third-order valence-electron chi connectivity index (χ3n) is 3.45. The highest BCUT2D eigenvalue weighted by Crippen LogP contribution is 2.24. The minimum atomic E-state index is -0.617. The molecule has 3 aromatic heterocycles. The fourth-order valence-electron chi connectivity index (χ4n) is 2.40. The second-order valence-electron chi connectivity index (χ2n) is 5.47.